The molecule has 0 radical (unpaired) electrons. The van der Waals surface area contributed by atoms with Crippen molar-refractivity contribution in [2.24, 2.45) is 0 Å². The first-order valence-corrected chi connectivity index (χ1v) is 8.48. The highest BCUT2D eigenvalue weighted by Gasteiger charge is 2.24. The van der Waals surface area contributed by atoms with E-state index in [1.807, 2.05) is 52.8 Å². The van der Waals surface area contributed by atoms with E-state index < -0.39 is 0 Å². The number of aryl methyl sites for hydroxylation is 2. The number of anilines is 1. The van der Waals surface area contributed by atoms with Gasteiger partial charge < -0.3 is 5.32 Å². The van der Waals surface area contributed by atoms with Gasteiger partial charge >= 0.3 is 0 Å². The van der Waals surface area contributed by atoms with Crippen molar-refractivity contribution in [1.29, 1.82) is 0 Å². The molecular weight excluding hydrogens is 324 g/mol. The largest absolute Gasteiger partial charge is 0.350 e. The maximum absolute atomic E-state index is 12.8. The molecule has 0 fully saturated rings. The van der Waals surface area contributed by atoms with E-state index in [0.29, 0.717) is 5.69 Å². The van der Waals surface area contributed by atoms with Crippen LogP contribution in [0.1, 0.15) is 42.4 Å². The lowest BCUT2D eigenvalue weighted by molar-refractivity contribution is -0.121. The Labute approximate surface area is 146 Å². The smallest absolute Gasteiger partial charge is 0.280 e. The van der Waals surface area contributed by atoms with E-state index in [1.54, 1.807) is 5.38 Å². The highest BCUT2D eigenvalue weighted by Crippen LogP contribution is 2.21. The van der Waals surface area contributed by atoms with Crippen molar-refractivity contribution in [2.45, 2.75) is 40.2 Å². The van der Waals surface area contributed by atoms with Crippen LogP contribution in [0.4, 0.5) is 5.69 Å². The van der Waals surface area contributed by atoms with Gasteiger partial charge in [-0.1, -0.05) is 10.6 Å². The molecule has 1 aromatic heterocycles. The van der Waals surface area contributed by atoms with Crippen LogP contribution in [0.3, 0.4) is 0 Å². The molecule has 0 bridgehead atoms. The Morgan fingerprint density at radius 2 is 1.92 bits per heavy atom. The standard InChI is InChI=1S/C17H22N4O2S/c1-11-6-7-13(8-12(11)2)21(9-15(22)18-17(3,4)5)16(23)14-10-24-20-19-14/h6-8,10H,9H2,1-5H3,(H,18,22). The molecule has 2 rings (SSSR count). The summed E-state index contributed by atoms with van der Waals surface area (Å²) in [5.74, 6) is -0.562. The second-order valence-corrected chi connectivity index (χ2v) is 7.36. The van der Waals surface area contributed by atoms with E-state index in [0.717, 1.165) is 22.7 Å². The highest BCUT2D eigenvalue weighted by molar-refractivity contribution is 7.03. The van der Waals surface area contributed by atoms with Crippen LogP contribution in [0, 0.1) is 13.8 Å². The predicted molar refractivity (Wildman–Crippen MR) is 95.4 cm³/mol. The van der Waals surface area contributed by atoms with Gasteiger partial charge in [0.05, 0.1) is 0 Å². The van der Waals surface area contributed by atoms with Gasteiger partial charge in [0.15, 0.2) is 5.69 Å². The molecule has 128 valence electrons. The Hall–Kier alpha value is -2.28. The number of carbonyl (C=O) groups is 2. The van der Waals surface area contributed by atoms with E-state index >= 15 is 0 Å². The number of aromatic nitrogens is 2. The van der Waals surface area contributed by atoms with E-state index in [4.69, 9.17) is 0 Å². The number of carbonyl (C=O) groups excluding carboxylic acids is 2. The first kappa shape index (κ1) is 18.1. The van der Waals surface area contributed by atoms with Crippen LogP contribution in [0.25, 0.3) is 0 Å². The Bertz CT molecular complexity index is 736. The van der Waals surface area contributed by atoms with Gasteiger partial charge in [-0.15, -0.1) is 5.10 Å². The van der Waals surface area contributed by atoms with Crippen molar-refractivity contribution in [2.75, 3.05) is 11.4 Å². The third-order valence-electron chi connectivity index (χ3n) is 3.44. The Morgan fingerprint density at radius 1 is 1.21 bits per heavy atom. The van der Waals surface area contributed by atoms with E-state index in [-0.39, 0.29) is 29.6 Å². The van der Waals surface area contributed by atoms with E-state index in [9.17, 15) is 9.59 Å². The lowest BCUT2D eigenvalue weighted by atomic mass is 10.1. The summed E-state index contributed by atoms with van der Waals surface area (Å²) < 4.78 is 3.73. The quantitative estimate of drug-likeness (QED) is 0.923. The van der Waals surface area contributed by atoms with Crippen LogP contribution in [0.2, 0.25) is 0 Å². The molecule has 1 aromatic carbocycles. The zero-order valence-corrected chi connectivity index (χ0v) is 15.4. The fourth-order valence-electron chi connectivity index (χ4n) is 2.17. The van der Waals surface area contributed by atoms with Gasteiger partial charge in [-0.2, -0.15) is 0 Å². The first-order valence-electron chi connectivity index (χ1n) is 7.64. The third-order valence-corrected chi connectivity index (χ3v) is 3.95. The average molecular weight is 346 g/mol. The number of nitrogens with one attached hydrogen (secondary N) is 1. The second-order valence-electron chi connectivity index (χ2n) is 6.75. The molecule has 2 aromatic rings. The number of amides is 2. The van der Waals surface area contributed by atoms with Crippen LogP contribution >= 0.6 is 11.5 Å². The van der Waals surface area contributed by atoms with Gasteiger partial charge in [0.25, 0.3) is 5.91 Å². The van der Waals surface area contributed by atoms with Crippen LogP contribution in [0.15, 0.2) is 23.6 Å². The Balaban J connectivity index is 2.32. The van der Waals surface area contributed by atoms with Gasteiger partial charge in [0.2, 0.25) is 5.91 Å². The zero-order valence-electron chi connectivity index (χ0n) is 14.6. The molecule has 6 nitrogen and oxygen atoms in total. The van der Waals surface area contributed by atoms with Gasteiger partial charge in [-0.05, 0) is 69.4 Å². The summed E-state index contributed by atoms with van der Waals surface area (Å²) >= 11 is 1.11. The van der Waals surface area contributed by atoms with Gasteiger partial charge in [0.1, 0.15) is 6.54 Å². The number of benzene rings is 1. The first-order chi connectivity index (χ1) is 11.2. The van der Waals surface area contributed by atoms with Crippen molar-refractivity contribution >= 4 is 29.0 Å². The maximum atomic E-state index is 12.8. The van der Waals surface area contributed by atoms with Crippen molar-refractivity contribution in [3.63, 3.8) is 0 Å². The van der Waals surface area contributed by atoms with Gasteiger partial charge in [0, 0.05) is 16.6 Å². The maximum Gasteiger partial charge on any atom is 0.280 e. The van der Waals surface area contributed by atoms with Crippen LogP contribution in [-0.2, 0) is 4.79 Å². The molecular formula is C17H22N4O2S. The predicted octanol–water partition coefficient (Wildman–Crippen LogP) is 2.72. The van der Waals surface area contributed by atoms with Crippen LogP contribution in [0.5, 0.6) is 0 Å². The highest BCUT2D eigenvalue weighted by atomic mass is 32.1. The summed E-state index contributed by atoms with van der Waals surface area (Å²) in [6.45, 7) is 9.60. The summed E-state index contributed by atoms with van der Waals surface area (Å²) in [6, 6.07) is 5.67. The molecule has 0 spiro atoms. The zero-order chi connectivity index (χ0) is 17.9. The van der Waals surface area contributed by atoms with Crippen molar-refractivity contribution in [3.05, 3.63) is 40.4 Å². The molecule has 0 aliphatic rings. The molecule has 24 heavy (non-hydrogen) atoms. The summed E-state index contributed by atoms with van der Waals surface area (Å²) in [5, 5.41) is 8.29. The average Bonchev–Trinajstić information content (AvgIpc) is 2.99. The topological polar surface area (TPSA) is 75.2 Å². The Morgan fingerprint density at radius 3 is 2.46 bits per heavy atom. The summed E-state index contributed by atoms with van der Waals surface area (Å²) in [4.78, 5) is 26.5. The molecule has 0 saturated heterocycles. The molecule has 0 atom stereocenters. The molecule has 0 saturated carbocycles. The fourth-order valence-corrected chi connectivity index (χ4v) is 2.60. The van der Waals surface area contributed by atoms with Gasteiger partial charge in [-0.25, -0.2) is 0 Å². The number of hydrogen-bond donors (Lipinski definition) is 1. The number of rotatable bonds is 4. The minimum absolute atomic E-state index is 0.0733. The van der Waals surface area contributed by atoms with Crippen LogP contribution in [-0.4, -0.2) is 33.5 Å². The molecule has 0 aliphatic carbocycles. The van der Waals surface area contributed by atoms with E-state index in [2.05, 4.69) is 14.9 Å². The molecule has 7 heteroatoms. The number of hydrogen-bond acceptors (Lipinski definition) is 5. The summed E-state index contributed by atoms with van der Waals surface area (Å²) in [7, 11) is 0. The molecule has 0 unspecified atom stereocenters. The summed E-state index contributed by atoms with van der Waals surface area (Å²) in [6.07, 6.45) is 0. The Kier molecular flexibility index (Phi) is 5.33. The molecule has 1 N–H and O–H groups in total. The lowest BCUT2D eigenvalue weighted by Gasteiger charge is -2.26. The summed E-state index contributed by atoms with van der Waals surface area (Å²) in [5.41, 5.74) is 2.72. The normalized spacial score (nSPS) is 11.2. The van der Waals surface area contributed by atoms with Crippen molar-refractivity contribution in [3.8, 4) is 0 Å². The van der Waals surface area contributed by atoms with E-state index in [1.165, 1.54) is 4.90 Å². The second kappa shape index (κ2) is 7.09. The minimum atomic E-state index is -0.364. The van der Waals surface area contributed by atoms with Crippen molar-refractivity contribution in [1.82, 2.24) is 14.9 Å². The SMILES string of the molecule is Cc1ccc(N(CC(=O)NC(C)(C)C)C(=O)c2csnn2)cc1C. The molecule has 2 amide bonds. The molecule has 0 aliphatic heterocycles. The fraction of sp³-hybridized carbons (Fsp3) is 0.412. The van der Waals surface area contributed by atoms with Crippen molar-refractivity contribution < 1.29 is 9.59 Å². The minimum Gasteiger partial charge on any atom is -0.350 e. The monoisotopic (exact) mass is 346 g/mol. The molecule has 1 heterocycles. The van der Waals surface area contributed by atoms with Gasteiger partial charge in [-0.3, -0.25) is 14.5 Å². The lowest BCUT2D eigenvalue weighted by Crippen LogP contribution is -2.47. The van der Waals surface area contributed by atoms with Crippen LogP contribution < -0.4 is 10.2 Å². The number of nitrogens with zero attached hydrogens (tertiary/aromatic N) is 3. The third kappa shape index (κ3) is 4.61.